The van der Waals surface area contributed by atoms with Crippen molar-refractivity contribution in [2.45, 2.75) is 53.6 Å². The molecule has 0 aromatic carbocycles. The zero-order chi connectivity index (χ0) is 17.0. The molecule has 0 aliphatic carbocycles. The molecule has 2 rings (SSSR count). The van der Waals surface area contributed by atoms with Crippen molar-refractivity contribution >= 4 is 27.5 Å². The lowest BCUT2D eigenvalue weighted by molar-refractivity contribution is 0.0757. The number of nitrogens with zero attached hydrogens (tertiary/aromatic N) is 2. The summed E-state index contributed by atoms with van der Waals surface area (Å²) in [6.07, 6.45) is 1.84. The fraction of sp³-hybridized carbons (Fsp3) is 0.588. The summed E-state index contributed by atoms with van der Waals surface area (Å²) in [7, 11) is 0. The van der Waals surface area contributed by atoms with Gasteiger partial charge in [0.15, 0.2) is 0 Å². The van der Waals surface area contributed by atoms with E-state index in [0.717, 1.165) is 45.0 Å². The predicted octanol–water partition coefficient (Wildman–Crippen LogP) is 3.42. The summed E-state index contributed by atoms with van der Waals surface area (Å²) < 4.78 is 5.48. The largest absolute Gasteiger partial charge is 0.379 e. The van der Waals surface area contributed by atoms with E-state index >= 15 is 0 Å². The number of aromatic nitrogens is 2. The Morgan fingerprint density at radius 1 is 1.30 bits per heavy atom. The Balaban J connectivity index is 2.09. The van der Waals surface area contributed by atoms with Crippen LogP contribution in [0.1, 0.15) is 53.9 Å². The van der Waals surface area contributed by atoms with Gasteiger partial charge in [0.1, 0.15) is 10.7 Å². The zero-order valence-corrected chi connectivity index (χ0v) is 15.3. The quantitative estimate of drug-likeness (QED) is 0.788. The number of hydrogen-bond acceptors (Lipinski definition) is 5. The molecule has 0 spiro atoms. The van der Waals surface area contributed by atoms with Crippen molar-refractivity contribution in [1.29, 1.82) is 0 Å². The number of hydrogen-bond donors (Lipinski definition) is 1. The molecule has 0 radical (unpaired) electrons. The van der Waals surface area contributed by atoms with Crippen molar-refractivity contribution < 1.29 is 9.53 Å². The molecular weight excluding hydrogens is 310 g/mol. The highest BCUT2D eigenvalue weighted by Gasteiger charge is 2.18. The summed E-state index contributed by atoms with van der Waals surface area (Å²) in [5.41, 5.74) is 1.92. The van der Waals surface area contributed by atoms with E-state index in [1.54, 1.807) is 0 Å². The van der Waals surface area contributed by atoms with E-state index in [-0.39, 0.29) is 12.0 Å². The van der Waals surface area contributed by atoms with Crippen LogP contribution in [-0.4, -0.2) is 35.1 Å². The van der Waals surface area contributed by atoms with Crippen LogP contribution in [0.4, 0.5) is 0 Å². The first-order valence-electron chi connectivity index (χ1n) is 8.10. The van der Waals surface area contributed by atoms with Gasteiger partial charge < -0.3 is 10.1 Å². The number of ether oxygens (including phenoxy) is 1. The van der Waals surface area contributed by atoms with Gasteiger partial charge in [-0.1, -0.05) is 6.92 Å². The first kappa shape index (κ1) is 17.8. The molecule has 23 heavy (non-hydrogen) atoms. The van der Waals surface area contributed by atoms with Crippen molar-refractivity contribution in [1.82, 2.24) is 15.3 Å². The fourth-order valence-electron chi connectivity index (χ4n) is 2.44. The van der Waals surface area contributed by atoms with E-state index in [4.69, 9.17) is 4.74 Å². The van der Waals surface area contributed by atoms with Crippen LogP contribution in [-0.2, 0) is 11.2 Å². The standard InChI is InChI=1S/C17H25N3O2S/c1-6-13-19-12(5)14-11(4)15(23-17(14)20-13)16(21)18-8-7-9-22-10(2)3/h10H,6-9H2,1-5H3,(H,18,21). The van der Waals surface area contributed by atoms with Gasteiger partial charge in [0.25, 0.3) is 5.91 Å². The van der Waals surface area contributed by atoms with Crippen molar-refractivity contribution in [2.75, 3.05) is 13.2 Å². The molecule has 1 N–H and O–H groups in total. The number of rotatable bonds is 7. The van der Waals surface area contributed by atoms with E-state index in [9.17, 15) is 4.79 Å². The maximum Gasteiger partial charge on any atom is 0.261 e. The Bertz CT molecular complexity index is 695. The Morgan fingerprint density at radius 2 is 2.04 bits per heavy atom. The van der Waals surface area contributed by atoms with Crippen LogP contribution >= 0.6 is 11.3 Å². The minimum absolute atomic E-state index is 0.0347. The van der Waals surface area contributed by atoms with Crippen LogP contribution in [0.3, 0.4) is 0 Å². The lowest BCUT2D eigenvalue weighted by atomic mass is 10.1. The number of nitrogens with one attached hydrogen (secondary N) is 1. The molecule has 2 aromatic rings. The lowest BCUT2D eigenvalue weighted by Gasteiger charge is -2.08. The number of amides is 1. The number of carbonyl (C=O) groups excluding carboxylic acids is 1. The van der Waals surface area contributed by atoms with Crippen molar-refractivity contribution in [3.05, 3.63) is 22.0 Å². The second-order valence-corrected chi connectivity index (χ2v) is 6.84. The first-order valence-corrected chi connectivity index (χ1v) is 8.92. The summed E-state index contributed by atoms with van der Waals surface area (Å²) >= 11 is 1.45. The topological polar surface area (TPSA) is 64.1 Å². The lowest BCUT2D eigenvalue weighted by Crippen LogP contribution is -2.25. The number of carbonyl (C=O) groups is 1. The molecule has 1 amide bonds. The fourth-order valence-corrected chi connectivity index (χ4v) is 3.61. The number of thiophene rings is 1. The second kappa shape index (κ2) is 7.84. The molecule has 5 nitrogen and oxygen atoms in total. The van der Waals surface area contributed by atoms with Crippen LogP contribution < -0.4 is 5.32 Å². The minimum atomic E-state index is -0.0347. The Labute approximate surface area is 141 Å². The zero-order valence-electron chi connectivity index (χ0n) is 14.5. The molecule has 0 saturated carbocycles. The normalized spacial score (nSPS) is 11.4. The van der Waals surface area contributed by atoms with Gasteiger partial charge in [-0.25, -0.2) is 9.97 Å². The summed E-state index contributed by atoms with van der Waals surface area (Å²) in [5, 5.41) is 3.98. The second-order valence-electron chi connectivity index (χ2n) is 5.84. The van der Waals surface area contributed by atoms with E-state index < -0.39 is 0 Å². The smallest absolute Gasteiger partial charge is 0.261 e. The van der Waals surface area contributed by atoms with Crippen LogP contribution in [0.15, 0.2) is 0 Å². The molecule has 6 heteroatoms. The van der Waals surface area contributed by atoms with Gasteiger partial charge >= 0.3 is 0 Å². The van der Waals surface area contributed by atoms with Gasteiger partial charge in [0, 0.05) is 30.7 Å². The highest BCUT2D eigenvalue weighted by atomic mass is 32.1. The van der Waals surface area contributed by atoms with Crippen molar-refractivity contribution in [3.63, 3.8) is 0 Å². The Hall–Kier alpha value is -1.53. The van der Waals surface area contributed by atoms with Crippen LogP contribution in [0, 0.1) is 13.8 Å². The van der Waals surface area contributed by atoms with Gasteiger partial charge in [0.2, 0.25) is 0 Å². The maximum atomic E-state index is 12.4. The third-order valence-corrected chi connectivity index (χ3v) is 4.78. The van der Waals surface area contributed by atoms with E-state index in [2.05, 4.69) is 15.3 Å². The van der Waals surface area contributed by atoms with Crippen LogP contribution in [0.2, 0.25) is 0 Å². The number of aryl methyl sites for hydroxylation is 3. The van der Waals surface area contributed by atoms with E-state index in [1.807, 2.05) is 34.6 Å². The molecule has 0 unspecified atom stereocenters. The molecule has 0 saturated heterocycles. The van der Waals surface area contributed by atoms with Gasteiger partial charge in [-0.3, -0.25) is 4.79 Å². The minimum Gasteiger partial charge on any atom is -0.379 e. The third-order valence-electron chi connectivity index (χ3n) is 3.60. The average Bonchev–Trinajstić information content (AvgIpc) is 2.83. The third kappa shape index (κ3) is 4.26. The van der Waals surface area contributed by atoms with Gasteiger partial charge in [-0.05, 0) is 39.7 Å². The van der Waals surface area contributed by atoms with Crippen LogP contribution in [0.25, 0.3) is 10.2 Å². The summed E-state index contributed by atoms with van der Waals surface area (Å²) in [5.74, 6) is 0.793. The summed E-state index contributed by atoms with van der Waals surface area (Å²) in [6, 6.07) is 0. The van der Waals surface area contributed by atoms with Gasteiger partial charge in [-0.2, -0.15) is 0 Å². The van der Waals surface area contributed by atoms with Crippen LogP contribution in [0.5, 0.6) is 0 Å². The predicted molar refractivity (Wildman–Crippen MR) is 94.3 cm³/mol. The SMILES string of the molecule is CCc1nc(C)c2c(C)c(C(=O)NCCCOC(C)C)sc2n1. The van der Waals surface area contributed by atoms with Gasteiger partial charge in [-0.15, -0.1) is 11.3 Å². The molecule has 0 atom stereocenters. The first-order chi connectivity index (χ1) is 10.9. The molecule has 0 aliphatic rings. The number of fused-ring (bicyclic) bond motifs is 1. The Kier molecular flexibility index (Phi) is 6.07. The monoisotopic (exact) mass is 335 g/mol. The highest BCUT2D eigenvalue weighted by molar-refractivity contribution is 7.20. The van der Waals surface area contributed by atoms with E-state index in [1.165, 1.54) is 11.3 Å². The summed E-state index contributed by atoms with van der Waals surface area (Å²) in [6.45, 7) is 11.3. The van der Waals surface area contributed by atoms with Crippen molar-refractivity contribution in [3.8, 4) is 0 Å². The van der Waals surface area contributed by atoms with Gasteiger partial charge in [0.05, 0.1) is 11.0 Å². The van der Waals surface area contributed by atoms with Crippen molar-refractivity contribution in [2.24, 2.45) is 0 Å². The molecule has 126 valence electrons. The molecule has 0 fully saturated rings. The molecule has 0 aliphatic heterocycles. The Morgan fingerprint density at radius 3 is 2.70 bits per heavy atom. The van der Waals surface area contributed by atoms with E-state index in [0.29, 0.717) is 13.2 Å². The molecule has 2 aromatic heterocycles. The molecular formula is C17H25N3O2S. The summed E-state index contributed by atoms with van der Waals surface area (Å²) in [4.78, 5) is 23.1. The average molecular weight is 335 g/mol. The maximum absolute atomic E-state index is 12.4. The molecule has 2 heterocycles. The highest BCUT2D eigenvalue weighted by Crippen LogP contribution is 2.31. The molecule has 0 bridgehead atoms.